The lowest BCUT2D eigenvalue weighted by Gasteiger charge is -2.32. The predicted octanol–water partition coefficient (Wildman–Crippen LogP) is 5.84. The van der Waals surface area contributed by atoms with E-state index >= 15 is 0 Å². The Morgan fingerprint density at radius 1 is 0.972 bits per heavy atom. The first-order valence-corrected chi connectivity index (χ1v) is 12.8. The molecule has 3 aromatic rings. The van der Waals surface area contributed by atoms with Gasteiger partial charge in [-0.05, 0) is 54.7 Å². The Morgan fingerprint density at radius 2 is 1.67 bits per heavy atom. The topological polar surface area (TPSA) is 58.6 Å². The molecule has 0 radical (unpaired) electrons. The number of rotatable bonds is 12. The summed E-state index contributed by atoms with van der Waals surface area (Å²) in [5.41, 5.74) is 2.81. The van der Waals surface area contributed by atoms with E-state index in [0.29, 0.717) is 30.2 Å². The van der Waals surface area contributed by atoms with Gasteiger partial charge in [-0.2, -0.15) is 0 Å². The number of aryl methyl sites for hydroxylation is 1. The molecule has 0 fully saturated rings. The minimum Gasteiger partial charge on any atom is -0.497 e. The van der Waals surface area contributed by atoms with Crippen LogP contribution in [0.5, 0.6) is 5.75 Å². The maximum Gasteiger partial charge on any atom is 0.243 e. The van der Waals surface area contributed by atoms with Gasteiger partial charge in [-0.1, -0.05) is 79.2 Å². The number of carbonyl (C=O) groups excluding carboxylic acids is 2. The number of halogens is 1. The van der Waals surface area contributed by atoms with Crippen LogP contribution in [0.25, 0.3) is 0 Å². The summed E-state index contributed by atoms with van der Waals surface area (Å²) in [5, 5.41) is 3.74. The van der Waals surface area contributed by atoms with Crippen LogP contribution in [0.1, 0.15) is 43.4 Å². The highest BCUT2D eigenvalue weighted by atomic mass is 35.5. The molecule has 36 heavy (non-hydrogen) atoms. The molecule has 0 unspecified atom stereocenters. The SMILES string of the molecule is CC[C@@H](C)NC(=O)[C@@H](Cc1ccccc1)N(Cc1cccc(OC)c1)C(=O)CCc1ccccc1Cl. The van der Waals surface area contributed by atoms with Crippen molar-refractivity contribution in [1.29, 1.82) is 0 Å². The Balaban J connectivity index is 1.94. The first kappa shape index (κ1) is 27.3. The Bertz CT molecular complexity index is 1140. The second kappa shape index (κ2) is 13.7. The lowest BCUT2D eigenvalue weighted by molar-refractivity contribution is -0.141. The summed E-state index contributed by atoms with van der Waals surface area (Å²) in [5.74, 6) is 0.458. The van der Waals surface area contributed by atoms with Gasteiger partial charge in [0, 0.05) is 30.5 Å². The maximum absolute atomic E-state index is 13.7. The largest absolute Gasteiger partial charge is 0.497 e. The second-order valence-electron chi connectivity index (χ2n) is 8.99. The molecule has 1 N–H and O–H groups in total. The number of amides is 2. The average Bonchev–Trinajstić information content (AvgIpc) is 2.90. The maximum atomic E-state index is 13.7. The normalized spacial score (nSPS) is 12.4. The fraction of sp³-hybridized carbons (Fsp3) is 0.333. The van der Waals surface area contributed by atoms with E-state index in [-0.39, 0.29) is 24.3 Å². The molecule has 6 heteroatoms. The molecule has 2 amide bonds. The Hall–Kier alpha value is -3.31. The molecular weight excluding hydrogens is 472 g/mol. The number of hydrogen-bond acceptors (Lipinski definition) is 3. The van der Waals surface area contributed by atoms with Gasteiger partial charge in [0.1, 0.15) is 11.8 Å². The Kier molecular flexibility index (Phi) is 10.4. The molecule has 0 aliphatic carbocycles. The molecule has 0 aromatic heterocycles. The van der Waals surface area contributed by atoms with E-state index < -0.39 is 6.04 Å². The number of carbonyl (C=O) groups is 2. The fourth-order valence-corrected chi connectivity index (χ4v) is 4.28. The summed E-state index contributed by atoms with van der Waals surface area (Å²) in [7, 11) is 1.61. The van der Waals surface area contributed by atoms with Crippen LogP contribution in [0.2, 0.25) is 5.02 Å². The van der Waals surface area contributed by atoms with Crippen LogP contribution in [0, 0.1) is 0 Å². The Labute approximate surface area is 219 Å². The summed E-state index contributed by atoms with van der Waals surface area (Å²) < 4.78 is 5.39. The molecular formula is C30H35ClN2O3. The highest BCUT2D eigenvalue weighted by Crippen LogP contribution is 2.21. The van der Waals surface area contributed by atoms with Crippen LogP contribution in [-0.4, -0.2) is 35.9 Å². The van der Waals surface area contributed by atoms with Crippen molar-refractivity contribution >= 4 is 23.4 Å². The zero-order chi connectivity index (χ0) is 25.9. The van der Waals surface area contributed by atoms with Crippen molar-refractivity contribution in [3.05, 3.63) is 101 Å². The van der Waals surface area contributed by atoms with Crippen molar-refractivity contribution in [2.75, 3.05) is 7.11 Å². The van der Waals surface area contributed by atoms with E-state index in [1.54, 1.807) is 12.0 Å². The van der Waals surface area contributed by atoms with Crippen molar-refractivity contribution in [1.82, 2.24) is 10.2 Å². The number of ether oxygens (including phenoxy) is 1. The molecule has 0 aliphatic heterocycles. The van der Waals surface area contributed by atoms with Crippen molar-refractivity contribution in [3.8, 4) is 5.75 Å². The minimum atomic E-state index is -0.661. The number of hydrogen-bond donors (Lipinski definition) is 1. The third kappa shape index (κ3) is 7.85. The fourth-order valence-electron chi connectivity index (χ4n) is 4.05. The monoisotopic (exact) mass is 506 g/mol. The third-order valence-corrected chi connectivity index (χ3v) is 6.69. The molecule has 0 saturated heterocycles. The smallest absolute Gasteiger partial charge is 0.243 e. The minimum absolute atomic E-state index is 0.00710. The lowest BCUT2D eigenvalue weighted by atomic mass is 10.0. The van der Waals surface area contributed by atoms with Gasteiger partial charge in [0.15, 0.2) is 0 Å². The van der Waals surface area contributed by atoms with Gasteiger partial charge in [0.05, 0.1) is 7.11 Å². The summed E-state index contributed by atoms with van der Waals surface area (Å²) in [4.78, 5) is 29.0. The van der Waals surface area contributed by atoms with E-state index in [0.717, 1.165) is 23.1 Å². The molecule has 0 aliphatic rings. The highest BCUT2D eigenvalue weighted by molar-refractivity contribution is 6.31. The molecule has 0 saturated carbocycles. The molecule has 5 nitrogen and oxygen atoms in total. The molecule has 3 aromatic carbocycles. The van der Waals surface area contributed by atoms with Crippen LogP contribution in [0.15, 0.2) is 78.9 Å². The third-order valence-electron chi connectivity index (χ3n) is 6.33. The molecule has 190 valence electrons. The number of nitrogens with zero attached hydrogens (tertiary/aromatic N) is 1. The second-order valence-corrected chi connectivity index (χ2v) is 9.40. The van der Waals surface area contributed by atoms with Crippen LogP contribution < -0.4 is 10.1 Å². The van der Waals surface area contributed by atoms with Gasteiger partial charge in [-0.15, -0.1) is 0 Å². The van der Waals surface area contributed by atoms with Crippen molar-refractivity contribution < 1.29 is 14.3 Å². The van der Waals surface area contributed by atoms with Crippen molar-refractivity contribution in [3.63, 3.8) is 0 Å². The Morgan fingerprint density at radius 3 is 2.36 bits per heavy atom. The number of nitrogens with one attached hydrogen (secondary N) is 1. The van der Waals surface area contributed by atoms with Gasteiger partial charge in [0.2, 0.25) is 11.8 Å². The zero-order valence-corrected chi connectivity index (χ0v) is 22.0. The van der Waals surface area contributed by atoms with Gasteiger partial charge in [-0.3, -0.25) is 9.59 Å². The van der Waals surface area contributed by atoms with Crippen LogP contribution in [0.4, 0.5) is 0 Å². The summed E-state index contributed by atoms with van der Waals surface area (Å²) in [6.07, 6.45) is 1.97. The lowest BCUT2D eigenvalue weighted by Crippen LogP contribution is -2.52. The molecule has 0 heterocycles. The molecule has 2 atom stereocenters. The van der Waals surface area contributed by atoms with Gasteiger partial charge >= 0.3 is 0 Å². The molecule has 0 bridgehead atoms. The number of methoxy groups -OCH3 is 1. The van der Waals surface area contributed by atoms with Gasteiger partial charge in [0.25, 0.3) is 0 Å². The quantitative estimate of drug-likeness (QED) is 0.336. The summed E-state index contributed by atoms with van der Waals surface area (Å²) in [6.45, 7) is 4.30. The van der Waals surface area contributed by atoms with E-state index in [9.17, 15) is 9.59 Å². The number of benzene rings is 3. The van der Waals surface area contributed by atoms with Gasteiger partial charge in [-0.25, -0.2) is 0 Å². The summed E-state index contributed by atoms with van der Waals surface area (Å²) >= 11 is 6.34. The zero-order valence-electron chi connectivity index (χ0n) is 21.2. The van der Waals surface area contributed by atoms with Crippen molar-refractivity contribution in [2.24, 2.45) is 0 Å². The van der Waals surface area contributed by atoms with E-state index in [4.69, 9.17) is 16.3 Å². The first-order valence-electron chi connectivity index (χ1n) is 12.4. The van der Waals surface area contributed by atoms with Crippen LogP contribution >= 0.6 is 11.6 Å². The van der Waals surface area contributed by atoms with Gasteiger partial charge < -0.3 is 15.0 Å². The van der Waals surface area contributed by atoms with E-state index in [1.807, 2.05) is 92.7 Å². The standard InChI is InChI=1S/C30H35ClN2O3/c1-4-22(2)32-30(35)28(20-23-11-6-5-7-12-23)33(21-24-13-10-15-26(19-24)36-3)29(34)18-17-25-14-8-9-16-27(25)31/h5-16,19,22,28H,4,17-18,20-21H2,1-3H3,(H,32,35)/t22-,28-/m1/s1. The molecule has 3 rings (SSSR count). The predicted molar refractivity (Wildman–Crippen MR) is 145 cm³/mol. The molecule has 0 spiro atoms. The highest BCUT2D eigenvalue weighted by Gasteiger charge is 2.31. The first-order chi connectivity index (χ1) is 17.4. The average molecular weight is 507 g/mol. The van der Waals surface area contributed by atoms with Crippen LogP contribution in [0.3, 0.4) is 0 Å². The van der Waals surface area contributed by atoms with E-state index in [1.165, 1.54) is 0 Å². The summed E-state index contributed by atoms with van der Waals surface area (Å²) in [6, 6.07) is 24.3. The van der Waals surface area contributed by atoms with Crippen LogP contribution in [-0.2, 0) is 29.0 Å². The van der Waals surface area contributed by atoms with Crippen molar-refractivity contribution in [2.45, 2.75) is 58.2 Å². The van der Waals surface area contributed by atoms with E-state index in [2.05, 4.69) is 5.32 Å².